The van der Waals surface area contributed by atoms with Crippen molar-refractivity contribution < 1.29 is 28.6 Å². The van der Waals surface area contributed by atoms with Crippen LogP contribution in [0.4, 0.5) is 10.6 Å². The molecule has 1 aromatic heterocycles. The summed E-state index contributed by atoms with van der Waals surface area (Å²) in [6.45, 7) is 4.96. The number of alkyl carbamates (subject to hydrolysis) is 1. The Morgan fingerprint density at radius 1 is 1.17 bits per heavy atom. The number of pyridine rings is 1. The first-order chi connectivity index (χ1) is 11.2. The fourth-order valence-corrected chi connectivity index (χ4v) is 1.55. The summed E-state index contributed by atoms with van der Waals surface area (Å²) in [6, 6.07) is 1.49. The lowest BCUT2D eigenvalue weighted by molar-refractivity contribution is -0.145. The van der Waals surface area contributed by atoms with E-state index in [1.54, 1.807) is 26.8 Å². The lowest BCUT2D eigenvalue weighted by atomic mass is 10.2. The van der Waals surface area contributed by atoms with Crippen molar-refractivity contribution in [1.29, 1.82) is 0 Å². The van der Waals surface area contributed by atoms with E-state index in [1.807, 2.05) is 0 Å². The van der Waals surface area contributed by atoms with E-state index < -0.39 is 29.6 Å². The summed E-state index contributed by atoms with van der Waals surface area (Å²) < 4.78 is 14.5. The van der Waals surface area contributed by atoms with Crippen LogP contribution in [0.1, 0.15) is 20.8 Å². The van der Waals surface area contributed by atoms with Crippen molar-refractivity contribution in [2.75, 3.05) is 19.5 Å². The van der Waals surface area contributed by atoms with Crippen molar-refractivity contribution in [2.45, 2.75) is 32.4 Å². The molecule has 0 saturated carbocycles. The van der Waals surface area contributed by atoms with Gasteiger partial charge in [0.05, 0.1) is 20.4 Å². The van der Waals surface area contributed by atoms with E-state index in [1.165, 1.54) is 19.4 Å². The maximum Gasteiger partial charge on any atom is 0.408 e. The van der Waals surface area contributed by atoms with E-state index in [-0.39, 0.29) is 5.82 Å². The van der Waals surface area contributed by atoms with Crippen LogP contribution in [0.15, 0.2) is 18.3 Å². The monoisotopic (exact) mass is 339 g/mol. The molecular formula is C15H21N3O6. The van der Waals surface area contributed by atoms with Crippen molar-refractivity contribution in [3.63, 3.8) is 0 Å². The first-order valence-corrected chi connectivity index (χ1v) is 7.04. The molecule has 0 aliphatic heterocycles. The summed E-state index contributed by atoms with van der Waals surface area (Å²) in [4.78, 5) is 39.7. The van der Waals surface area contributed by atoms with Crippen LogP contribution in [0.5, 0.6) is 5.75 Å². The van der Waals surface area contributed by atoms with Crippen molar-refractivity contribution >= 4 is 23.8 Å². The van der Waals surface area contributed by atoms with E-state index >= 15 is 0 Å². The van der Waals surface area contributed by atoms with Crippen molar-refractivity contribution in [1.82, 2.24) is 10.3 Å². The first kappa shape index (κ1) is 19.2. The number of nitrogens with one attached hydrogen (secondary N) is 2. The second-order valence-electron chi connectivity index (χ2n) is 5.67. The first-order valence-electron chi connectivity index (χ1n) is 7.04. The standard InChI is InChI=1S/C15H21N3O6/c1-15(2,3)24-14(21)18-11(13(20)23-5)12(19)17-10-7-6-9(22-4)8-16-10/h6-8,11H,1-5H3,(H,18,21)(H,16,17,19). The number of aromatic nitrogens is 1. The Bertz CT molecular complexity index is 594. The molecule has 132 valence electrons. The van der Waals surface area contributed by atoms with Crippen LogP contribution < -0.4 is 15.4 Å². The lowest BCUT2D eigenvalue weighted by Crippen LogP contribution is -2.50. The Labute approximate surface area is 139 Å². The minimum atomic E-state index is -1.58. The van der Waals surface area contributed by atoms with Gasteiger partial charge in [-0.1, -0.05) is 0 Å². The number of ether oxygens (including phenoxy) is 3. The Hall–Kier alpha value is -2.84. The molecule has 0 aliphatic carbocycles. The number of methoxy groups -OCH3 is 2. The van der Waals surface area contributed by atoms with Crippen molar-refractivity contribution in [3.05, 3.63) is 18.3 Å². The van der Waals surface area contributed by atoms with Crippen LogP contribution in [0, 0.1) is 0 Å². The summed E-state index contributed by atoms with van der Waals surface area (Å²) in [5, 5.41) is 4.57. The number of anilines is 1. The number of amides is 2. The van der Waals surface area contributed by atoms with E-state index in [0.29, 0.717) is 5.75 Å². The van der Waals surface area contributed by atoms with E-state index in [2.05, 4.69) is 20.4 Å². The Morgan fingerprint density at radius 3 is 2.29 bits per heavy atom. The lowest BCUT2D eigenvalue weighted by Gasteiger charge is -2.22. The molecule has 0 aromatic carbocycles. The SMILES string of the molecule is COC(=O)C(NC(=O)OC(C)(C)C)C(=O)Nc1ccc(OC)cn1. The van der Waals surface area contributed by atoms with Crippen molar-refractivity contribution in [2.24, 2.45) is 0 Å². The van der Waals surface area contributed by atoms with E-state index in [9.17, 15) is 14.4 Å². The van der Waals surface area contributed by atoms with Crippen LogP contribution >= 0.6 is 0 Å². The molecular weight excluding hydrogens is 318 g/mol. The van der Waals surface area contributed by atoms with Gasteiger partial charge in [0.2, 0.25) is 6.04 Å². The molecule has 2 N–H and O–H groups in total. The smallest absolute Gasteiger partial charge is 0.408 e. The van der Waals surface area contributed by atoms with Gasteiger partial charge < -0.3 is 19.5 Å². The number of hydrogen-bond donors (Lipinski definition) is 2. The van der Waals surface area contributed by atoms with Crippen LogP contribution in [0.2, 0.25) is 0 Å². The molecule has 0 radical (unpaired) electrons. The molecule has 9 heteroatoms. The second kappa shape index (κ2) is 8.14. The van der Waals surface area contributed by atoms with E-state index in [4.69, 9.17) is 9.47 Å². The fourth-order valence-electron chi connectivity index (χ4n) is 1.55. The van der Waals surface area contributed by atoms with Gasteiger partial charge in [0.1, 0.15) is 17.2 Å². The number of rotatable bonds is 5. The van der Waals surface area contributed by atoms with Gasteiger partial charge in [-0.05, 0) is 32.9 Å². The second-order valence-corrected chi connectivity index (χ2v) is 5.67. The molecule has 9 nitrogen and oxygen atoms in total. The quantitative estimate of drug-likeness (QED) is 0.609. The average molecular weight is 339 g/mol. The Balaban J connectivity index is 2.81. The highest BCUT2D eigenvalue weighted by atomic mass is 16.6. The largest absolute Gasteiger partial charge is 0.495 e. The number of esters is 1. The zero-order chi connectivity index (χ0) is 18.3. The highest BCUT2D eigenvalue weighted by Crippen LogP contribution is 2.12. The van der Waals surface area contributed by atoms with E-state index in [0.717, 1.165) is 7.11 Å². The third-order valence-corrected chi connectivity index (χ3v) is 2.58. The van der Waals surface area contributed by atoms with Gasteiger partial charge in [-0.15, -0.1) is 0 Å². The maximum absolute atomic E-state index is 12.2. The number of nitrogens with zero attached hydrogens (tertiary/aromatic N) is 1. The summed E-state index contributed by atoms with van der Waals surface area (Å²) >= 11 is 0. The molecule has 24 heavy (non-hydrogen) atoms. The highest BCUT2D eigenvalue weighted by molar-refractivity contribution is 6.09. The molecule has 0 aliphatic rings. The molecule has 1 rings (SSSR count). The summed E-state index contributed by atoms with van der Waals surface area (Å²) in [7, 11) is 2.58. The van der Waals surface area contributed by atoms with Crippen molar-refractivity contribution in [3.8, 4) is 5.75 Å². The Morgan fingerprint density at radius 2 is 1.83 bits per heavy atom. The summed E-state index contributed by atoms with van der Waals surface area (Å²) in [5.74, 6) is -1.07. The van der Waals surface area contributed by atoms with Crippen LogP contribution in [-0.2, 0) is 19.1 Å². The normalized spacial score (nSPS) is 11.9. The topological polar surface area (TPSA) is 116 Å². The van der Waals surface area contributed by atoms with Gasteiger partial charge in [0, 0.05) is 0 Å². The van der Waals surface area contributed by atoms with Gasteiger partial charge in [-0.2, -0.15) is 0 Å². The van der Waals surface area contributed by atoms with Gasteiger partial charge in [-0.25, -0.2) is 14.6 Å². The highest BCUT2D eigenvalue weighted by Gasteiger charge is 2.31. The molecule has 1 heterocycles. The molecule has 0 spiro atoms. The molecule has 0 saturated heterocycles. The molecule has 0 bridgehead atoms. The zero-order valence-corrected chi connectivity index (χ0v) is 14.2. The number of carbonyl (C=O) groups excluding carboxylic acids is 3. The summed E-state index contributed by atoms with van der Waals surface area (Å²) in [6.07, 6.45) is 0.472. The predicted molar refractivity (Wildman–Crippen MR) is 84.6 cm³/mol. The fraction of sp³-hybridized carbons (Fsp3) is 0.467. The van der Waals surface area contributed by atoms with Gasteiger partial charge in [0.15, 0.2) is 0 Å². The van der Waals surface area contributed by atoms with Crippen LogP contribution in [-0.4, -0.2) is 48.8 Å². The third kappa shape index (κ3) is 6.11. The van der Waals surface area contributed by atoms with Gasteiger partial charge in [0.25, 0.3) is 5.91 Å². The maximum atomic E-state index is 12.2. The molecule has 2 amide bonds. The molecule has 0 fully saturated rings. The van der Waals surface area contributed by atoms with Crippen LogP contribution in [0.3, 0.4) is 0 Å². The average Bonchev–Trinajstić information content (AvgIpc) is 2.50. The van der Waals surface area contributed by atoms with Gasteiger partial charge in [-0.3, -0.25) is 10.1 Å². The molecule has 1 atom stereocenters. The third-order valence-electron chi connectivity index (χ3n) is 2.58. The Kier molecular flexibility index (Phi) is 6.51. The number of hydrogen-bond acceptors (Lipinski definition) is 7. The van der Waals surface area contributed by atoms with Gasteiger partial charge >= 0.3 is 12.1 Å². The minimum absolute atomic E-state index is 0.181. The van der Waals surface area contributed by atoms with Crippen LogP contribution in [0.25, 0.3) is 0 Å². The molecule has 1 aromatic rings. The predicted octanol–water partition coefficient (Wildman–Crippen LogP) is 1.09. The minimum Gasteiger partial charge on any atom is -0.495 e. The zero-order valence-electron chi connectivity index (χ0n) is 14.2. The summed E-state index contributed by atoms with van der Waals surface area (Å²) in [5.41, 5.74) is -0.779. The number of carbonyl (C=O) groups is 3. The molecule has 1 unspecified atom stereocenters.